The van der Waals surface area contributed by atoms with Crippen LogP contribution in [-0.4, -0.2) is 26.8 Å². The van der Waals surface area contributed by atoms with Gasteiger partial charge in [0.05, 0.1) is 11.7 Å². The van der Waals surface area contributed by atoms with Crippen LogP contribution < -0.4 is 5.73 Å². The van der Waals surface area contributed by atoms with E-state index in [2.05, 4.69) is 10.3 Å². The van der Waals surface area contributed by atoms with Crippen LogP contribution in [0.1, 0.15) is 42.9 Å². The molecule has 5 heteroatoms. The van der Waals surface area contributed by atoms with Crippen LogP contribution in [0.4, 0.5) is 0 Å². The highest BCUT2D eigenvalue weighted by Gasteiger charge is 2.22. The molecule has 78 valence electrons. The van der Waals surface area contributed by atoms with E-state index in [1.165, 1.54) is 0 Å². The van der Waals surface area contributed by atoms with E-state index in [4.69, 9.17) is 5.73 Å². The van der Waals surface area contributed by atoms with E-state index in [1.54, 1.807) is 18.7 Å². The van der Waals surface area contributed by atoms with Crippen LogP contribution in [0.3, 0.4) is 0 Å². The minimum absolute atomic E-state index is 0.151. The van der Waals surface area contributed by atoms with Crippen molar-refractivity contribution in [2.75, 3.05) is 0 Å². The van der Waals surface area contributed by atoms with Gasteiger partial charge in [0.2, 0.25) is 5.78 Å². The molecule has 0 radical (unpaired) electrons. The first kappa shape index (κ1) is 10.8. The number of nitrogens with zero attached hydrogens (tertiary/aromatic N) is 3. The minimum Gasteiger partial charge on any atom is -0.321 e. The zero-order chi connectivity index (χ0) is 10.9. The standard InChI is InChI=1S/C9H16N4O/c1-5(2)8-7(9(14)6(3)10)11-12-13(8)4/h5-6H,10H2,1-4H3. The summed E-state index contributed by atoms with van der Waals surface area (Å²) in [6, 6.07) is -0.524. The first-order valence-electron chi connectivity index (χ1n) is 4.64. The van der Waals surface area contributed by atoms with Gasteiger partial charge in [-0.15, -0.1) is 5.10 Å². The molecule has 0 spiro atoms. The molecule has 1 aromatic heterocycles. The Balaban J connectivity index is 3.15. The van der Waals surface area contributed by atoms with Crippen LogP contribution in [0.25, 0.3) is 0 Å². The number of hydrogen-bond acceptors (Lipinski definition) is 4. The topological polar surface area (TPSA) is 73.8 Å². The molecule has 0 aliphatic carbocycles. The highest BCUT2D eigenvalue weighted by atomic mass is 16.1. The molecule has 0 aromatic carbocycles. The fourth-order valence-electron chi connectivity index (χ4n) is 1.40. The van der Waals surface area contributed by atoms with Crippen LogP contribution >= 0.6 is 0 Å². The van der Waals surface area contributed by atoms with Gasteiger partial charge in [0.25, 0.3) is 0 Å². The van der Waals surface area contributed by atoms with Crippen LogP contribution in [-0.2, 0) is 7.05 Å². The molecule has 0 saturated carbocycles. The van der Waals surface area contributed by atoms with Crippen LogP contribution in [0.2, 0.25) is 0 Å². The zero-order valence-corrected chi connectivity index (χ0v) is 8.98. The molecule has 0 amide bonds. The van der Waals surface area contributed by atoms with Crippen LogP contribution in [0.5, 0.6) is 0 Å². The van der Waals surface area contributed by atoms with Gasteiger partial charge in [-0.25, -0.2) is 0 Å². The lowest BCUT2D eigenvalue weighted by Gasteiger charge is -2.08. The molecule has 0 aliphatic rings. The summed E-state index contributed by atoms with van der Waals surface area (Å²) in [6.45, 7) is 5.65. The lowest BCUT2D eigenvalue weighted by atomic mass is 10.0. The lowest BCUT2D eigenvalue weighted by Crippen LogP contribution is -2.28. The van der Waals surface area contributed by atoms with Crippen molar-refractivity contribution in [1.29, 1.82) is 0 Å². The molecular weight excluding hydrogens is 180 g/mol. The zero-order valence-electron chi connectivity index (χ0n) is 8.98. The maximum atomic E-state index is 11.6. The highest BCUT2D eigenvalue weighted by Crippen LogP contribution is 2.17. The molecule has 0 fully saturated rings. The van der Waals surface area contributed by atoms with Crippen molar-refractivity contribution >= 4 is 5.78 Å². The van der Waals surface area contributed by atoms with Gasteiger partial charge in [0, 0.05) is 7.05 Å². The van der Waals surface area contributed by atoms with E-state index in [-0.39, 0.29) is 11.7 Å². The fourth-order valence-corrected chi connectivity index (χ4v) is 1.40. The third-order valence-electron chi connectivity index (χ3n) is 2.06. The normalized spacial score (nSPS) is 13.3. The monoisotopic (exact) mass is 196 g/mol. The molecule has 1 aromatic rings. The molecule has 1 heterocycles. The number of hydrogen-bond donors (Lipinski definition) is 1. The number of aryl methyl sites for hydroxylation is 1. The Hall–Kier alpha value is -1.23. The average molecular weight is 196 g/mol. The Labute approximate surface area is 83.3 Å². The second kappa shape index (κ2) is 3.88. The number of aromatic nitrogens is 3. The van der Waals surface area contributed by atoms with Crippen molar-refractivity contribution in [3.8, 4) is 0 Å². The van der Waals surface area contributed by atoms with Crippen molar-refractivity contribution in [3.05, 3.63) is 11.4 Å². The van der Waals surface area contributed by atoms with Crippen LogP contribution in [0, 0.1) is 0 Å². The Morgan fingerprint density at radius 3 is 2.43 bits per heavy atom. The van der Waals surface area contributed by atoms with E-state index in [0.717, 1.165) is 5.69 Å². The summed E-state index contributed by atoms with van der Waals surface area (Å²) in [5.41, 5.74) is 6.76. The summed E-state index contributed by atoms with van der Waals surface area (Å²) in [5.74, 6) is 0.0644. The number of carbonyl (C=O) groups excluding carboxylic acids is 1. The predicted molar refractivity (Wildman–Crippen MR) is 53.1 cm³/mol. The predicted octanol–water partition coefficient (Wildman–Crippen LogP) is 0.468. The van der Waals surface area contributed by atoms with Gasteiger partial charge in [-0.3, -0.25) is 9.48 Å². The number of nitrogens with two attached hydrogens (primary N) is 1. The molecule has 0 saturated heterocycles. The first-order valence-corrected chi connectivity index (χ1v) is 4.64. The SMILES string of the molecule is CC(N)C(=O)c1nnn(C)c1C(C)C. The van der Waals surface area contributed by atoms with Gasteiger partial charge in [-0.2, -0.15) is 0 Å². The molecule has 14 heavy (non-hydrogen) atoms. The van der Waals surface area contributed by atoms with Crippen LogP contribution in [0.15, 0.2) is 0 Å². The molecule has 0 bridgehead atoms. The summed E-state index contributed by atoms with van der Waals surface area (Å²) in [7, 11) is 1.78. The summed E-state index contributed by atoms with van der Waals surface area (Å²) in [5, 5.41) is 7.67. The van der Waals surface area contributed by atoms with Crippen molar-refractivity contribution < 1.29 is 4.79 Å². The smallest absolute Gasteiger partial charge is 0.201 e. The van der Waals surface area contributed by atoms with Gasteiger partial charge in [0.15, 0.2) is 5.69 Å². The maximum absolute atomic E-state index is 11.6. The lowest BCUT2D eigenvalue weighted by molar-refractivity contribution is 0.0961. The molecule has 1 rings (SSSR count). The van der Waals surface area contributed by atoms with E-state index in [9.17, 15) is 4.79 Å². The largest absolute Gasteiger partial charge is 0.321 e. The van der Waals surface area contributed by atoms with Gasteiger partial charge >= 0.3 is 0 Å². The minimum atomic E-state index is -0.524. The van der Waals surface area contributed by atoms with Crippen molar-refractivity contribution in [2.45, 2.75) is 32.7 Å². The summed E-state index contributed by atoms with van der Waals surface area (Å²) in [6.07, 6.45) is 0. The van der Waals surface area contributed by atoms with Gasteiger partial charge < -0.3 is 5.73 Å². The van der Waals surface area contributed by atoms with E-state index in [1.807, 2.05) is 13.8 Å². The van der Waals surface area contributed by atoms with E-state index in [0.29, 0.717) is 5.69 Å². The van der Waals surface area contributed by atoms with Gasteiger partial charge in [0.1, 0.15) is 0 Å². The van der Waals surface area contributed by atoms with Crippen molar-refractivity contribution in [1.82, 2.24) is 15.0 Å². The molecule has 1 atom stereocenters. The fraction of sp³-hybridized carbons (Fsp3) is 0.667. The number of Topliss-reactive ketones (excluding diaryl/α,β-unsaturated/α-hetero) is 1. The van der Waals surface area contributed by atoms with Crippen molar-refractivity contribution in [2.24, 2.45) is 12.8 Å². The Morgan fingerprint density at radius 2 is 2.00 bits per heavy atom. The summed E-state index contributed by atoms with van der Waals surface area (Å²) >= 11 is 0. The summed E-state index contributed by atoms with van der Waals surface area (Å²) in [4.78, 5) is 11.6. The Morgan fingerprint density at radius 1 is 1.43 bits per heavy atom. The van der Waals surface area contributed by atoms with E-state index >= 15 is 0 Å². The molecule has 5 nitrogen and oxygen atoms in total. The number of ketones is 1. The van der Waals surface area contributed by atoms with Gasteiger partial charge in [-0.1, -0.05) is 19.1 Å². The third-order valence-corrected chi connectivity index (χ3v) is 2.06. The maximum Gasteiger partial charge on any atom is 0.201 e. The number of rotatable bonds is 3. The Bertz CT molecular complexity index is 341. The molecular formula is C9H16N4O. The highest BCUT2D eigenvalue weighted by molar-refractivity contribution is 5.98. The molecule has 2 N–H and O–H groups in total. The second-order valence-electron chi connectivity index (χ2n) is 3.75. The Kier molecular flexibility index (Phi) is 3.00. The van der Waals surface area contributed by atoms with Crippen molar-refractivity contribution in [3.63, 3.8) is 0 Å². The second-order valence-corrected chi connectivity index (χ2v) is 3.75. The summed E-state index contributed by atoms with van der Waals surface area (Å²) < 4.78 is 1.63. The number of carbonyl (C=O) groups is 1. The average Bonchev–Trinajstić information content (AvgIpc) is 2.45. The van der Waals surface area contributed by atoms with E-state index < -0.39 is 6.04 Å². The molecule has 0 aliphatic heterocycles. The van der Waals surface area contributed by atoms with Gasteiger partial charge in [-0.05, 0) is 12.8 Å². The molecule has 1 unspecified atom stereocenters. The first-order chi connectivity index (χ1) is 6.45. The quantitative estimate of drug-likeness (QED) is 0.713. The third kappa shape index (κ3) is 1.82.